The van der Waals surface area contributed by atoms with Crippen LogP contribution in [0.25, 0.3) is 0 Å². The highest BCUT2D eigenvalue weighted by molar-refractivity contribution is 6.45. The van der Waals surface area contributed by atoms with Crippen LogP contribution in [0.4, 0.5) is 5.69 Å². The fraction of sp³-hybridized carbons (Fsp3) is 0.0909. The molecule has 0 fully saturated rings. The minimum absolute atomic E-state index is 0.226. The van der Waals surface area contributed by atoms with Gasteiger partial charge in [-0.2, -0.15) is 15.6 Å². The molecule has 0 aliphatic heterocycles. The molecule has 6 heteroatoms. The first-order valence-electron chi connectivity index (χ1n) is 4.67. The van der Waals surface area contributed by atoms with Gasteiger partial charge in [0.1, 0.15) is 12.1 Å². The Hall–Kier alpha value is -2.86. The first-order valence-corrected chi connectivity index (χ1v) is 4.67. The van der Waals surface area contributed by atoms with Crippen molar-refractivity contribution < 1.29 is 0 Å². The normalized spacial score (nSPS) is 10.2. The van der Waals surface area contributed by atoms with Crippen molar-refractivity contribution in [1.82, 2.24) is 0 Å². The summed E-state index contributed by atoms with van der Waals surface area (Å²) in [4.78, 5) is 0. The maximum Gasteiger partial charge on any atom is 0.201 e. The Morgan fingerprint density at radius 1 is 1.47 bits per heavy atom. The standard InChI is InChI=1S/C11H10N6/c1-7-2-3-8(5-12)9(4-7)16-17-10(6-13)11(14)15/h2-4,16H,1H3,(H3,14,15)/b17-10+. The molecule has 0 aliphatic carbocycles. The summed E-state index contributed by atoms with van der Waals surface area (Å²) in [6, 6.07) is 8.83. The highest BCUT2D eigenvalue weighted by Gasteiger charge is 2.04. The van der Waals surface area contributed by atoms with E-state index in [0.29, 0.717) is 11.3 Å². The molecule has 0 aromatic heterocycles. The third-order valence-electron chi connectivity index (χ3n) is 1.94. The molecule has 0 atom stereocenters. The first-order chi connectivity index (χ1) is 8.08. The predicted octanol–water partition coefficient (Wildman–Crippen LogP) is 1.09. The van der Waals surface area contributed by atoms with Crippen LogP contribution < -0.4 is 11.2 Å². The minimum Gasteiger partial charge on any atom is -0.382 e. The average molecular weight is 226 g/mol. The van der Waals surface area contributed by atoms with E-state index in [-0.39, 0.29) is 5.71 Å². The number of nitrogens with zero attached hydrogens (tertiary/aromatic N) is 3. The largest absolute Gasteiger partial charge is 0.382 e. The Morgan fingerprint density at radius 3 is 2.71 bits per heavy atom. The van der Waals surface area contributed by atoms with Gasteiger partial charge in [0.15, 0.2) is 5.84 Å². The summed E-state index contributed by atoms with van der Waals surface area (Å²) in [6.45, 7) is 1.87. The molecule has 0 bridgehead atoms. The van der Waals surface area contributed by atoms with E-state index in [0.717, 1.165) is 5.56 Å². The summed E-state index contributed by atoms with van der Waals surface area (Å²) < 4.78 is 0. The maximum atomic E-state index is 8.87. The van der Waals surface area contributed by atoms with Crippen molar-refractivity contribution in [3.05, 3.63) is 29.3 Å². The predicted molar refractivity (Wildman–Crippen MR) is 64.5 cm³/mol. The van der Waals surface area contributed by atoms with E-state index in [9.17, 15) is 0 Å². The van der Waals surface area contributed by atoms with Gasteiger partial charge >= 0.3 is 0 Å². The van der Waals surface area contributed by atoms with Gasteiger partial charge in [-0.3, -0.25) is 10.8 Å². The van der Waals surface area contributed by atoms with Crippen molar-refractivity contribution in [2.45, 2.75) is 6.92 Å². The number of amidine groups is 1. The van der Waals surface area contributed by atoms with Crippen LogP contribution in [0.5, 0.6) is 0 Å². The first kappa shape index (κ1) is 12.2. The third kappa shape index (κ3) is 3.05. The fourth-order valence-corrected chi connectivity index (χ4v) is 1.11. The lowest BCUT2D eigenvalue weighted by molar-refractivity contribution is 1.30. The Kier molecular flexibility index (Phi) is 3.80. The van der Waals surface area contributed by atoms with Crippen molar-refractivity contribution in [3.63, 3.8) is 0 Å². The molecule has 0 aliphatic rings. The van der Waals surface area contributed by atoms with E-state index in [4.69, 9.17) is 21.7 Å². The van der Waals surface area contributed by atoms with Gasteiger partial charge in [0.25, 0.3) is 0 Å². The molecule has 0 unspecified atom stereocenters. The van der Waals surface area contributed by atoms with Crippen LogP contribution in [0.2, 0.25) is 0 Å². The molecule has 0 spiro atoms. The van der Waals surface area contributed by atoms with Crippen molar-refractivity contribution in [3.8, 4) is 12.1 Å². The van der Waals surface area contributed by atoms with Crippen LogP contribution in [0, 0.1) is 35.0 Å². The zero-order chi connectivity index (χ0) is 12.8. The second kappa shape index (κ2) is 5.29. The number of hydrazone groups is 1. The number of anilines is 1. The van der Waals surface area contributed by atoms with Crippen LogP contribution in [-0.4, -0.2) is 11.5 Å². The molecule has 4 N–H and O–H groups in total. The monoisotopic (exact) mass is 226 g/mol. The number of hydrogen-bond acceptors (Lipinski definition) is 5. The van der Waals surface area contributed by atoms with Gasteiger partial charge in [-0.25, -0.2) is 0 Å². The molecule has 0 saturated carbocycles. The maximum absolute atomic E-state index is 8.87. The SMILES string of the molecule is Cc1ccc(C#N)c(N/N=C(\C#N)C(=N)N)c1. The summed E-state index contributed by atoms with van der Waals surface area (Å²) in [5.74, 6) is -0.425. The van der Waals surface area contributed by atoms with Crippen LogP contribution >= 0.6 is 0 Å². The second-order valence-electron chi connectivity index (χ2n) is 3.26. The lowest BCUT2D eigenvalue weighted by atomic mass is 10.1. The summed E-state index contributed by atoms with van der Waals surface area (Å²) in [7, 11) is 0. The molecule has 0 amide bonds. The highest BCUT2D eigenvalue weighted by atomic mass is 15.3. The molecule has 6 nitrogen and oxygen atoms in total. The number of benzene rings is 1. The summed E-state index contributed by atoms with van der Waals surface area (Å²) in [6.07, 6.45) is 0. The Balaban J connectivity index is 3.05. The van der Waals surface area contributed by atoms with Gasteiger partial charge in [0.05, 0.1) is 11.3 Å². The lowest BCUT2D eigenvalue weighted by Crippen LogP contribution is -2.21. The smallest absolute Gasteiger partial charge is 0.201 e. The summed E-state index contributed by atoms with van der Waals surface area (Å²) >= 11 is 0. The molecule has 84 valence electrons. The molecule has 0 radical (unpaired) electrons. The number of nitriles is 2. The molecule has 0 heterocycles. The van der Waals surface area contributed by atoms with Gasteiger partial charge in [-0.1, -0.05) is 6.07 Å². The van der Waals surface area contributed by atoms with Gasteiger partial charge in [-0.15, -0.1) is 0 Å². The second-order valence-corrected chi connectivity index (χ2v) is 3.26. The number of rotatable bonds is 3. The van der Waals surface area contributed by atoms with E-state index in [2.05, 4.69) is 10.5 Å². The van der Waals surface area contributed by atoms with E-state index < -0.39 is 5.84 Å². The van der Waals surface area contributed by atoms with E-state index in [1.807, 2.05) is 13.0 Å². The van der Waals surface area contributed by atoms with Gasteiger partial charge < -0.3 is 5.73 Å². The van der Waals surface area contributed by atoms with Crippen molar-refractivity contribution >= 4 is 17.2 Å². The van der Waals surface area contributed by atoms with Crippen molar-refractivity contribution in [2.24, 2.45) is 10.8 Å². The highest BCUT2D eigenvalue weighted by Crippen LogP contribution is 2.16. The van der Waals surface area contributed by atoms with Crippen LogP contribution in [0.15, 0.2) is 23.3 Å². The summed E-state index contributed by atoms with van der Waals surface area (Å²) in [5.41, 5.74) is 9.29. The summed E-state index contributed by atoms with van der Waals surface area (Å²) in [5, 5.41) is 28.3. The van der Waals surface area contributed by atoms with E-state index >= 15 is 0 Å². The minimum atomic E-state index is -0.425. The number of nitrogens with one attached hydrogen (secondary N) is 2. The Morgan fingerprint density at radius 2 is 2.18 bits per heavy atom. The zero-order valence-electron chi connectivity index (χ0n) is 9.15. The zero-order valence-corrected chi connectivity index (χ0v) is 9.15. The van der Waals surface area contributed by atoms with Crippen LogP contribution in [0.3, 0.4) is 0 Å². The molecule has 1 rings (SSSR count). The van der Waals surface area contributed by atoms with Crippen molar-refractivity contribution in [1.29, 1.82) is 15.9 Å². The number of aryl methyl sites for hydroxylation is 1. The third-order valence-corrected chi connectivity index (χ3v) is 1.94. The van der Waals surface area contributed by atoms with Gasteiger partial charge in [-0.05, 0) is 24.6 Å². The molecule has 0 saturated heterocycles. The van der Waals surface area contributed by atoms with E-state index in [1.54, 1.807) is 24.3 Å². The van der Waals surface area contributed by atoms with E-state index in [1.165, 1.54) is 0 Å². The topological polar surface area (TPSA) is 122 Å². The number of nitrogens with two attached hydrogens (primary N) is 1. The Bertz CT molecular complexity index is 558. The van der Waals surface area contributed by atoms with Crippen molar-refractivity contribution in [2.75, 3.05) is 5.43 Å². The molecular weight excluding hydrogens is 216 g/mol. The molecule has 17 heavy (non-hydrogen) atoms. The van der Waals surface area contributed by atoms with Gasteiger partial charge in [0.2, 0.25) is 5.71 Å². The molecular formula is C11H10N6. The molecule has 1 aromatic rings. The fourth-order valence-electron chi connectivity index (χ4n) is 1.11. The molecule has 1 aromatic carbocycles. The lowest BCUT2D eigenvalue weighted by Gasteiger charge is -2.04. The quantitative estimate of drug-likeness (QED) is 0.405. The van der Waals surface area contributed by atoms with Gasteiger partial charge in [0, 0.05) is 0 Å². The average Bonchev–Trinajstić information content (AvgIpc) is 2.29. The van der Waals surface area contributed by atoms with Crippen LogP contribution in [-0.2, 0) is 0 Å². The van der Waals surface area contributed by atoms with Crippen LogP contribution in [0.1, 0.15) is 11.1 Å². The number of hydrogen-bond donors (Lipinski definition) is 3. The Labute approximate surface area is 98.5 Å².